The first-order valence-electron chi connectivity index (χ1n) is 8.11. The Labute approximate surface area is 162 Å². The SMILES string of the molecule is COc1ccc(NC(=O)c2cc(Nc3ccc(Cl)cc3)ccn2)cc1OC. The number of benzene rings is 2. The van der Waals surface area contributed by atoms with Gasteiger partial charge in [0.2, 0.25) is 0 Å². The van der Waals surface area contributed by atoms with Crippen molar-refractivity contribution in [2.45, 2.75) is 0 Å². The number of methoxy groups -OCH3 is 2. The molecule has 2 N–H and O–H groups in total. The van der Waals surface area contributed by atoms with Gasteiger partial charge < -0.3 is 20.1 Å². The van der Waals surface area contributed by atoms with Gasteiger partial charge in [-0.1, -0.05) is 11.6 Å². The molecule has 3 aromatic rings. The number of carbonyl (C=O) groups is 1. The molecule has 7 heteroatoms. The van der Waals surface area contributed by atoms with E-state index in [0.717, 1.165) is 11.4 Å². The number of nitrogens with zero attached hydrogens (tertiary/aromatic N) is 1. The Balaban J connectivity index is 1.74. The van der Waals surface area contributed by atoms with Crippen LogP contribution < -0.4 is 20.1 Å². The first-order valence-corrected chi connectivity index (χ1v) is 8.49. The van der Waals surface area contributed by atoms with Crippen molar-refractivity contribution in [3.8, 4) is 11.5 Å². The molecule has 0 aliphatic rings. The van der Waals surface area contributed by atoms with E-state index in [0.29, 0.717) is 22.2 Å². The van der Waals surface area contributed by atoms with Crippen LogP contribution in [-0.2, 0) is 0 Å². The second kappa shape index (κ2) is 8.42. The van der Waals surface area contributed by atoms with Gasteiger partial charge in [-0.15, -0.1) is 0 Å². The number of amides is 1. The van der Waals surface area contributed by atoms with Gasteiger partial charge in [0, 0.05) is 34.3 Å². The number of rotatable bonds is 6. The van der Waals surface area contributed by atoms with Gasteiger partial charge in [-0.3, -0.25) is 9.78 Å². The van der Waals surface area contributed by atoms with Crippen LogP contribution in [0.1, 0.15) is 10.5 Å². The summed E-state index contributed by atoms with van der Waals surface area (Å²) < 4.78 is 10.4. The highest BCUT2D eigenvalue weighted by Crippen LogP contribution is 2.30. The molecule has 6 nitrogen and oxygen atoms in total. The zero-order valence-electron chi connectivity index (χ0n) is 14.8. The molecule has 1 amide bonds. The van der Waals surface area contributed by atoms with E-state index in [-0.39, 0.29) is 11.6 Å². The number of hydrogen-bond acceptors (Lipinski definition) is 5. The maximum atomic E-state index is 12.5. The van der Waals surface area contributed by atoms with Gasteiger partial charge in [0.25, 0.3) is 5.91 Å². The summed E-state index contributed by atoms with van der Waals surface area (Å²) in [5.74, 6) is 0.783. The van der Waals surface area contributed by atoms with Crippen molar-refractivity contribution in [2.75, 3.05) is 24.9 Å². The van der Waals surface area contributed by atoms with Crippen molar-refractivity contribution in [3.63, 3.8) is 0 Å². The normalized spacial score (nSPS) is 10.2. The van der Waals surface area contributed by atoms with Gasteiger partial charge in [-0.25, -0.2) is 0 Å². The summed E-state index contributed by atoms with van der Waals surface area (Å²) in [4.78, 5) is 16.7. The van der Waals surface area contributed by atoms with Gasteiger partial charge in [-0.2, -0.15) is 0 Å². The molecule has 0 bridgehead atoms. The lowest BCUT2D eigenvalue weighted by atomic mass is 10.2. The van der Waals surface area contributed by atoms with Crippen molar-refractivity contribution in [3.05, 3.63) is 71.5 Å². The van der Waals surface area contributed by atoms with Crippen molar-refractivity contribution in [1.29, 1.82) is 0 Å². The second-order valence-corrected chi connectivity index (χ2v) is 6.02. The maximum absolute atomic E-state index is 12.5. The number of aromatic nitrogens is 1. The van der Waals surface area contributed by atoms with Crippen LogP contribution in [0.15, 0.2) is 60.8 Å². The van der Waals surface area contributed by atoms with Crippen LogP contribution in [0.4, 0.5) is 17.1 Å². The Morgan fingerprint density at radius 2 is 1.59 bits per heavy atom. The molecule has 0 atom stereocenters. The Morgan fingerprint density at radius 1 is 0.889 bits per heavy atom. The van der Waals surface area contributed by atoms with Crippen LogP contribution in [0.2, 0.25) is 5.02 Å². The topological polar surface area (TPSA) is 72.5 Å². The van der Waals surface area contributed by atoms with Crippen molar-refractivity contribution in [1.82, 2.24) is 4.98 Å². The minimum atomic E-state index is -0.332. The molecule has 27 heavy (non-hydrogen) atoms. The summed E-state index contributed by atoms with van der Waals surface area (Å²) in [6.45, 7) is 0. The number of hydrogen-bond donors (Lipinski definition) is 2. The summed E-state index contributed by atoms with van der Waals surface area (Å²) in [7, 11) is 3.09. The Hall–Kier alpha value is -3.25. The number of ether oxygens (including phenoxy) is 2. The van der Waals surface area contributed by atoms with E-state index >= 15 is 0 Å². The average Bonchev–Trinajstić information content (AvgIpc) is 2.70. The zero-order chi connectivity index (χ0) is 19.2. The largest absolute Gasteiger partial charge is 0.493 e. The van der Waals surface area contributed by atoms with E-state index in [1.54, 1.807) is 55.8 Å². The Bertz CT molecular complexity index is 945. The van der Waals surface area contributed by atoms with Gasteiger partial charge in [0.15, 0.2) is 11.5 Å². The molecule has 0 fully saturated rings. The van der Waals surface area contributed by atoms with E-state index in [4.69, 9.17) is 21.1 Å². The van der Waals surface area contributed by atoms with Gasteiger partial charge in [0.05, 0.1) is 14.2 Å². The summed E-state index contributed by atoms with van der Waals surface area (Å²) in [6.07, 6.45) is 1.57. The fourth-order valence-electron chi connectivity index (χ4n) is 2.44. The summed E-state index contributed by atoms with van der Waals surface area (Å²) in [5.41, 5.74) is 2.46. The molecule has 0 unspecified atom stereocenters. The minimum absolute atomic E-state index is 0.281. The molecule has 1 heterocycles. The number of anilines is 3. The first kappa shape index (κ1) is 18.5. The van der Waals surface area contributed by atoms with Crippen molar-refractivity contribution < 1.29 is 14.3 Å². The van der Waals surface area contributed by atoms with Crippen LogP contribution >= 0.6 is 11.6 Å². The second-order valence-electron chi connectivity index (χ2n) is 5.59. The molecule has 0 aliphatic heterocycles. The number of carbonyl (C=O) groups excluding carboxylic acids is 1. The predicted octanol–water partition coefficient (Wildman–Crippen LogP) is 4.75. The van der Waals surface area contributed by atoms with Gasteiger partial charge in [0.1, 0.15) is 5.69 Å². The minimum Gasteiger partial charge on any atom is -0.493 e. The monoisotopic (exact) mass is 383 g/mol. The zero-order valence-corrected chi connectivity index (χ0v) is 15.6. The number of halogens is 1. The lowest BCUT2D eigenvalue weighted by Gasteiger charge is -2.11. The molecule has 3 rings (SSSR count). The molecular weight excluding hydrogens is 366 g/mol. The third kappa shape index (κ3) is 4.68. The van der Waals surface area contributed by atoms with Crippen molar-refractivity contribution >= 4 is 34.6 Å². The highest BCUT2D eigenvalue weighted by molar-refractivity contribution is 6.30. The van der Waals surface area contributed by atoms with E-state index < -0.39 is 0 Å². The van der Waals surface area contributed by atoms with Crippen LogP contribution in [0.3, 0.4) is 0 Å². The fraction of sp³-hybridized carbons (Fsp3) is 0.100. The fourth-order valence-corrected chi connectivity index (χ4v) is 2.57. The summed E-state index contributed by atoms with van der Waals surface area (Å²) >= 11 is 5.89. The molecular formula is C20H18ClN3O3. The quantitative estimate of drug-likeness (QED) is 0.642. The Kier molecular flexibility index (Phi) is 5.78. The molecule has 2 aromatic carbocycles. The smallest absolute Gasteiger partial charge is 0.274 e. The summed E-state index contributed by atoms with van der Waals surface area (Å²) in [5, 5.41) is 6.67. The third-order valence-electron chi connectivity index (χ3n) is 3.77. The van der Waals surface area contributed by atoms with E-state index in [1.807, 2.05) is 12.1 Å². The van der Waals surface area contributed by atoms with E-state index in [1.165, 1.54) is 7.11 Å². The van der Waals surface area contributed by atoms with Crippen LogP contribution in [0, 0.1) is 0 Å². The van der Waals surface area contributed by atoms with Crippen LogP contribution in [0.5, 0.6) is 11.5 Å². The predicted molar refractivity (Wildman–Crippen MR) is 106 cm³/mol. The van der Waals surface area contributed by atoms with Gasteiger partial charge >= 0.3 is 0 Å². The van der Waals surface area contributed by atoms with E-state index in [9.17, 15) is 4.79 Å². The molecule has 1 aromatic heterocycles. The van der Waals surface area contributed by atoms with Gasteiger partial charge in [-0.05, 0) is 48.5 Å². The van der Waals surface area contributed by atoms with Crippen LogP contribution in [0.25, 0.3) is 0 Å². The van der Waals surface area contributed by atoms with E-state index in [2.05, 4.69) is 15.6 Å². The number of pyridine rings is 1. The molecule has 0 aliphatic carbocycles. The molecule has 0 radical (unpaired) electrons. The maximum Gasteiger partial charge on any atom is 0.274 e. The standard InChI is InChI=1S/C20H18ClN3O3/c1-26-18-8-7-15(12-19(18)27-2)24-20(25)17-11-16(9-10-22-17)23-14-5-3-13(21)4-6-14/h3-12H,1-2H3,(H,22,23)(H,24,25). The highest BCUT2D eigenvalue weighted by atomic mass is 35.5. The highest BCUT2D eigenvalue weighted by Gasteiger charge is 2.11. The molecule has 138 valence electrons. The third-order valence-corrected chi connectivity index (χ3v) is 4.02. The first-order chi connectivity index (χ1) is 13.1. The summed E-state index contributed by atoms with van der Waals surface area (Å²) in [6, 6.07) is 15.9. The van der Waals surface area contributed by atoms with Crippen molar-refractivity contribution in [2.24, 2.45) is 0 Å². The average molecular weight is 384 g/mol. The molecule has 0 saturated carbocycles. The molecule has 0 spiro atoms. The number of nitrogens with one attached hydrogen (secondary N) is 2. The lowest BCUT2D eigenvalue weighted by Crippen LogP contribution is -2.14. The van der Waals surface area contributed by atoms with Crippen LogP contribution in [-0.4, -0.2) is 25.1 Å². The Morgan fingerprint density at radius 3 is 2.30 bits per heavy atom. The molecule has 0 saturated heterocycles. The lowest BCUT2D eigenvalue weighted by molar-refractivity contribution is 0.102.